The highest BCUT2D eigenvalue weighted by Crippen LogP contribution is 2.17. The first-order chi connectivity index (χ1) is 8.27. The molecule has 5 N–H and O–H groups in total. The normalized spacial score (nSPS) is 26.0. The molecule has 1 fully saturated rings. The van der Waals surface area contributed by atoms with Crippen molar-refractivity contribution in [2.75, 3.05) is 13.1 Å². The Morgan fingerprint density at radius 3 is 2.76 bits per heavy atom. The molecular weight excluding hydrogens is 216 g/mol. The first-order valence-electron chi connectivity index (χ1n) is 5.97. The fourth-order valence-corrected chi connectivity index (χ4v) is 1.99. The van der Waals surface area contributed by atoms with Crippen molar-refractivity contribution in [2.24, 2.45) is 0 Å². The average molecular weight is 236 g/mol. The van der Waals surface area contributed by atoms with Gasteiger partial charge in [-0.1, -0.05) is 30.3 Å². The van der Waals surface area contributed by atoms with Gasteiger partial charge in [0.2, 0.25) is 0 Å². The van der Waals surface area contributed by atoms with E-state index in [1.54, 1.807) is 6.92 Å². The molecule has 1 heterocycles. The van der Waals surface area contributed by atoms with Crippen molar-refractivity contribution in [2.45, 2.75) is 25.1 Å². The minimum atomic E-state index is -0.313. The third kappa shape index (κ3) is 3.49. The van der Waals surface area contributed by atoms with E-state index in [0.29, 0.717) is 6.54 Å². The lowest BCUT2D eigenvalue weighted by atomic mass is 10.0. The van der Waals surface area contributed by atoms with Crippen molar-refractivity contribution in [1.82, 2.24) is 21.7 Å². The summed E-state index contributed by atoms with van der Waals surface area (Å²) >= 11 is 0. The van der Waals surface area contributed by atoms with E-state index in [-0.39, 0.29) is 18.2 Å². The number of aliphatic hydroxyl groups is 1. The Kier molecular flexibility index (Phi) is 4.47. The first-order valence-corrected chi connectivity index (χ1v) is 5.97. The van der Waals surface area contributed by atoms with Gasteiger partial charge in [0.05, 0.1) is 18.2 Å². The Labute approximate surface area is 102 Å². The highest BCUT2D eigenvalue weighted by Gasteiger charge is 2.27. The molecule has 3 atom stereocenters. The summed E-state index contributed by atoms with van der Waals surface area (Å²) in [6.45, 7) is 3.18. The summed E-state index contributed by atoms with van der Waals surface area (Å²) in [6, 6.07) is 10.8. The van der Waals surface area contributed by atoms with E-state index in [1.807, 2.05) is 18.2 Å². The maximum absolute atomic E-state index is 9.20. The fraction of sp³-hybridized carbons (Fsp3) is 0.500. The molecule has 0 aromatic heterocycles. The number of nitrogens with one attached hydrogen (secondary N) is 4. The third-order valence-electron chi connectivity index (χ3n) is 2.85. The van der Waals surface area contributed by atoms with Gasteiger partial charge in [-0.25, -0.2) is 10.9 Å². The van der Waals surface area contributed by atoms with Crippen LogP contribution < -0.4 is 21.7 Å². The van der Waals surface area contributed by atoms with Crippen LogP contribution in [-0.2, 0) is 0 Å². The van der Waals surface area contributed by atoms with Gasteiger partial charge in [-0.15, -0.1) is 0 Å². The van der Waals surface area contributed by atoms with Gasteiger partial charge in [0, 0.05) is 13.1 Å². The molecule has 17 heavy (non-hydrogen) atoms. The lowest BCUT2D eigenvalue weighted by molar-refractivity contribution is 0.190. The predicted octanol–water partition coefficient (Wildman–Crippen LogP) is -0.321. The lowest BCUT2D eigenvalue weighted by Crippen LogP contribution is -2.41. The summed E-state index contributed by atoms with van der Waals surface area (Å²) < 4.78 is 0. The molecule has 3 unspecified atom stereocenters. The maximum Gasteiger partial charge on any atom is 0.0655 e. The number of aliphatic hydroxyl groups excluding tert-OH is 1. The van der Waals surface area contributed by atoms with Crippen molar-refractivity contribution >= 4 is 0 Å². The maximum atomic E-state index is 9.20. The average Bonchev–Trinajstić information content (AvgIpc) is 2.78. The van der Waals surface area contributed by atoms with E-state index in [9.17, 15) is 5.11 Å². The highest BCUT2D eigenvalue weighted by atomic mass is 16.3. The van der Waals surface area contributed by atoms with Crippen molar-refractivity contribution in [3.8, 4) is 0 Å². The predicted molar refractivity (Wildman–Crippen MR) is 66.9 cm³/mol. The topological polar surface area (TPSA) is 68.3 Å². The second-order valence-electron chi connectivity index (χ2n) is 4.42. The van der Waals surface area contributed by atoms with Crippen LogP contribution in [0.3, 0.4) is 0 Å². The number of hydrogen-bond donors (Lipinski definition) is 5. The smallest absolute Gasteiger partial charge is 0.0655 e. The SMILES string of the molecule is CC(O)CNCC1NNNC1c1ccccc1. The van der Waals surface area contributed by atoms with E-state index in [0.717, 1.165) is 6.54 Å². The van der Waals surface area contributed by atoms with E-state index in [2.05, 4.69) is 33.8 Å². The molecule has 0 radical (unpaired) electrons. The van der Waals surface area contributed by atoms with E-state index in [1.165, 1.54) is 5.56 Å². The second kappa shape index (κ2) is 6.09. The summed E-state index contributed by atoms with van der Waals surface area (Å²) in [4.78, 5) is 0. The molecule has 1 aromatic rings. The molecule has 0 aliphatic carbocycles. The van der Waals surface area contributed by atoms with Gasteiger partial charge >= 0.3 is 0 Å². The molecule has 5 nitrogen and oxygen atoms in total. The molecule has 1 aliphatic heterocycles. The first kappa shape index (κ1) is 12.5. The van der Waals surface area contributed by atoms with Gasteiger partial charge in [0.25, 0.3) is 0 Å². The Morgan fingerprint density at radius 2 is 2.06 bits per heavy atom. The molecule has 5 heteroatoms. The minimum absolute atomic E-state index is 0.234. The largest absolute Gasteiger partial charge is 0.392 e. The Bertz CT molecular complexity index is 331. The van der Waals surface area contributed by atoms with Gasteiger partial charge in [-0.3, -0.25) is 0 Å². The molecule has 1 aliphatic rings. The van der Waals surface area contributed by atoms with Crippen molar-refractivity contribution in [3.05, 3.63) is 35.9 Å². The summed E-state index contributed by atoms with van der Waals surface area (Å²) in [6.07, 6.45) is -0.313. The van der Waals surface area contributed by atoms with Crippen LogP contribution in [0.15, 0.2) is 30.3 Å². The van der Waals surface area contributed by atoms with Crippen LogP contribution in [0.5, 0.6) is 0 Å². The van der Waals surface area contributed by atoms with Crippen LogP contribution in [0.2, 0.25) is 0 Å². The quantitative estimate of drug-likeness (QED) is 0.485. The number of benzene rings is 1. The van der Waals surface area contributed by atoms with Crippen LogP contribution >= 0.6 is 0 Å². The van der Waals surface area contributed by atoms with Crippen LogP contribution in [0.1, 0.15) is 18.5 Å². The molecule has 0 amide bonds. The van der Waals surface area contributed by atoms with Crippen LogP contribution in [0, 0.1) is 0 Å². The van der Waals surface area contributed by atoms with Gasteiger partial charge in [-0.05, 0) is 12.5 Å². The molecular formula is C12H20N4O. The van der Waals surface area contributed by atoms with Crippen molar-refractivity contribution in [1.29, 1.82) is 0 Å². The van der Waals surface area contributed by atoms with Crippen LogP contribution in [-0.4, -0.2) is 30.3 Å². The van der Waals surface area contributed by atoms with Crippen molar-refractivity contribution in [3.63, 3.8) is 0 Å². The minimum Gasteiger partial charge on any atom is -0.392 e. The molecule has 1 saturated heterocycles. The number of rotatable bonds is 5. The van der Waals surface area contributed by atoms with Gasteiger partial charge < -0.3 is 10.4 Å². The lowest BCUT2D eigenvalue weighted by Gasteiger charge is -2.19. The zero-order valence-corrected chi connectivity index (χ0v) is 9.98. The zero-order valence-electron chi connectivity index (χ0n) is 9.98. The molecule has 1 aromatic carbocycles. The Hall–Kier alpha value is -0.980. The van der Waals surface area contributed by atoms with Gasteiger partial charge in [-0.2, -0.15) is 5.53 Å². The van der Waals surface area contributed by atoms with E-state index >= 15 is 0 Å². The molecule has 0 bridgehead atoms. The second-order valence-corrected chi connectivity index (χ2v) is 4.42. The van der Waals surface area contributed by atoms with Crippen molar-refractivity contribution < 1.29 is 5.11 Å². The molecule has 0 saturated carbocycles. The standard InChI is InChI=1S/C12H20N4O/c1-9(17)7-13-8-11-12(15-16-14-11)10-5-3-2-4-6-10/h2-6,9,11-17H,7-8H2,1H3. The van der Waals surface area contributed by atoms with Crippen LogP contribution in [0.25, 0.3) is 0 Å². The van der Waals surface area contributed by atoms with E-state index < -0.39 is 0 Å². The molecule has 2 rings (SSSR count). The molecule has 94 valence electrons. The molecule has 0 spiro atoms. The van der Waals surface area contributed by atoms with Gasteiger partial charge in [0.1, 0.15) is 0 Å². The number of hydrazine groups is 2. The zero-order chi connectivity index (χ0) is 12.1. The number of hydrogen-bond acceptors (Lipinski definition) is 5. The summed E-state index contributed by atoms with van der Waals surface area (Å²) in [5.41, 5.74) is 10.6. The Balaban J connectivity index is 1.89. The summed E-state index contributed by atoms with van der Waals surface area (Å²) in [5, 5.41) is 12.4. The fourth-order valence-electron chi connectivity index (χ4n) is 1.99. The third-order valence-corrected chi connectivity index (χ3v) is 2.85. The van der Waals surface area contributed by atoms with Gasteiger partial charge in [0.15, 0.2) is 0 Å². The highest BCUT2D eigenvalue weighted by molar-refractivity contribution is 5.21. The summed E-state index contributed by atoms with van der Waals surface area (Å²) in [5.74, 6) is 0. The Morgan fingerprint density at radius 1 is 1.29 bits per heavy atom. The van der Waals surface area contributed by atoms with Crippen LogP contribution in [0.4, 0.5) is 0 Å². The monoisotopic (exact) mass is 236 g/mol. The van der Waals surface area contributed by atoms with E-state index in [4.69, 9.17) is 0 Å². The summed E-state index contributed by atoms with van der Waals surface area (Å²) in [7, 11) is 0.